The molecule has 3 fully saturated rings. The van der Waals surface area contributed by atoms with Gasteiger partial charge in [-0.1, -0.05) is 33.8 Å². The van der Waals surface area contributed by atoms with Gasteiger partial charge in [-0.15, -0.1) is 0 Å². The van der Waals surface area contributed by atoms with E-state index >= 15 is 0 Å². The minimum Gasteiger partial charge on any atom is -0.299 e. The van der Waals surface area contributed by atoms with Crippen LogP contribution in [0.15, 0.2) is 23.3 Å². The fourth-order valence-corrected chi connectivity index (χ4v) is 6.65. The molecule has 3 saturated carbocycles. The van der Waals surface area contributed by atoms with Gasteiger partial charge in [-0.3, -0.25) is 14.4 Å². The van der Waals surface area contributed by atoms with Crippen LogP contribution in [-0.2, 0) is 14.4 Å². The molecule has 3 heteroatoms. The lowest BCUT2D eigenvalue weighted by atomic mass is 9.43. The number of hydrogen-bond donors (Lipinski definition) is 0. The second kappa shape index (κ2) is 5.75. The third-order valence-electron chi connectivity index (χ3n) is 7.85. The molecule has 0 saturated heterocycles. The quantitative estimate of drug-likeness (QED) is 0.550. The van der Waals surface area contributed by atoms with Crippen LogP contribution in [0, 0.1) is 28.1 Å². The van der Waals surface area contributed by atoms with Crippen molar-refractivity contribution >= 4 is 17.9 Å². The predicted octanol–water partition coefficient (Wildman–Crippen LogP) is 4.46. The summed E-state index contributed by atoms with van der Waals surface area (Å²) < 4.78 is 0. The van der Waals surface area contributed by atoms with Gasteiger partial charge in [0, 0.05) is 29.2 Å². The topological polar surface area (TPSA) is 51.2 Å². The third kappa shape index (κ3) is 2.42. The highest BCUT2D eigenvalue weighted by molar-refractivity contribution is 6.01. The summed E-state index contributed by atoms with van der Waals surface area (Å²) in [6.07, 6.45) is 8.05. The Labute approximate surface area is 150 Å². The number of aldehydes is 1. The molecule has 25 heavy (non-hydrogen) atoms. The molecule has 0 aliphatic heterocycles. The molecule has 0 aromatic rings. The van der Waals surface area contributed by atoms with Gasteiger partial charge in [-0.05, 0) is 55.1 Å². The summed E-state index contributed by atoms with van der Waals surface area (Å²) in [6, 6.07) is 0. The van der Waals surface area contributed by atoms with Crippen LogP contribution in [0.25, 0.3) is 0 Å². The van der Waals surface area contributed by atoms with Crippen LogP contribution in [0.3, 0.4) is 0 Å². The number of hydrogen-bond acceptors (Lipinski definition) is 3. The van der Waals surface area contributed by atoms with Crippen molar-refractivity contribution in [1.82, 2.24) is 0 Å². The zero-order valence-electron chi connectivity index (χ0n) is 16.1. The molecule has 0 aromatic carbocycles. The summed E-state index contributed by atoms with van der Waals surface area (Å²) in [4.78, 5) is 36.2. The van der Waals surface area contributed by atoms with E-state index in [2.05, 4.69) is 27.7 Å². The molecule has 0 amide bonds. The van der Waals surface area contributed by atoms with Crippen LogP contribution < -0.4 is 0 Å². The maximum Gasteiger partial charge on any atom is 0.160 e. The van der Waals surface area contributed by atoms with Crippen molar-refractivity contribution in [3.8, 4) is 0 Å². The van der Waals surface area contributed by atoms with E-state index in [1.165, 1.54) is 6.08 Å². The van der Waals surface area contributed by atoms with Gasteiger partial charge in [-0.2, -0.15) is 0 Å². The van der Waals surface area contributed by atoms with Gasteiger partial charge in [0.1, 0.15) is 12.1 Å². The maximum atomic E-state index is 12.9. The van der Waals surface area contributed by atoms with Gasteiger partial charge >= 0.3 is 0 Å². The lowest BCUT2D eigenvalue weighted by Gasteiger charge is -2.60. The van der Waals surface area contributed by atoms with Crippen molar-refractivity contribution in [1.29, 1.82) is 0 Å². The Morgan fingerprint density at radius 2 is 1.76 bits per heavy atom. The van der Waals surface area contributed by atoms with E-state index in [9.17, 15) is 14.4 Å². The van der Waals surface area contributed by atoms with E-state index < -0.39 is 0 Å². The lowest BCUT2D eigenvalue weighted by molar-refractivity contribution is -0.154. The SMILES string of the molecule is CC(C=CC=O)=C1C(=O)CC2C1(C)CCC1C(C)(C)C(=O)CCC12C. The van der Waals surface area contributed by atoms with Crippen molar-refractivity contribution in [2.45, 2.75) is 66.7 Å². The van der Waals surface area contributed by atoms with Crippen LogP contribution in [0.1, 0.15) is 66.7 Å². The van der Waals surface area contributed by atoms with Crippen molar-refractivity contribution in [2.24, 2.45) is 28.1 Å². The second-order valence-electron chi connectivity index (χ2n) is 9.39. The van der Waals surface area contributed by atoms with E-state index in [-0.39, 0.29) is 27.9 Å². The minimum absolute atomic E-state index is 0.0243. The van der Waals surface area contributed by atoms with Crippen molar-refractivity contribution in [3.63, 3.8) is 0 Å². The Balaban J connectivity index is 2.08. The monoisotopic (exact) mass is 342 g/mol. The maximum absolute atomic E-state index is 12.9. The van der Waals surface area contributed by atoms with Gasteiger partial charge in [-0.25, -0.2) is 0 Å². The van der Waals surface area contributed by atoms with Gasteiger partial charge in [0.15, 0.2) is 5.78 Å². The highest BCUT2D eigenvalue weighted by Gasteiger charge is 2.64. The Kier molecular flexibility index (Phi) is 4.21. The molecule has 3 nitrogen and oxygen atoms in total. The van der Waals surface area contributed by atoms with E-state index in [0.717, 1.165) is 36.7 Å². The minimum atomic E-state index is -0.295. The Morgan fingerprint density at radius 3 is 2.40 bits per heavy atom. The van der Waals surface area contributed by atoms with Crippen molar-refractivity contribution < 1.29 is 14.4 Å². The number of rotatable bonds is 2. The number of fused-ring (bicyclic) bond motifs is 3. The molecule has 3 aliphatic carbocycles. The average Bonchev–Trinajstić information content (AvgIpc) is 2.81. The first-order valence-corrected chi connectivity index (χ1v) is 9.48. The average molecular weight is 342 g/mol. The van der Waals surface area contributed by atoms with Crippen LogP contribution in [0.5, 0.6) is 0 Å². The van der Waals surface area contributed by atoms with E-state index in [0.29, 0.717) is 24.5 Å². The summed E-state index contributed by atoms with van der Waals surface area (Å²) in [6.45, 7) is 10.7. The zero-order valence-corrected chi connectivity index (χ0v) is 16.1. The molecule has 4 unspecified atom stereocenters. The van der Waals surface area contributed by atoms with E-state index in [1.54, 1.807) is 6.08 Å². The third-order valence-corrected chi connectivity index (χ3v) is 7.85. The molecule has 0 radical (unpaired) electrons. The standard InChI is InChI=1S/C22H30O3/c1-14(7-6-12-23)19-15(24)13-17-21(4)11-9-18(25)20(2,3)16(21)8-10-22(17,19)5/h6-7,12,16-17H,8-11,13H2,1-5H3. The number of Topliss-reactive ketones (excluding diaryl/α,β-unsaturated/α-hetero) is 2. The molecule has 0 spiro atoms. The summed E-state index contributed by atoms with van der Waals surface area (Å²) in [5, 5.41) is 0. The summed E-state index contributed by atoms with van der Waals surface area (Å²) in [5.41, 5.74) is 1.43. The fourth-order valence-electron chi connectivity index (χ4n) is 6.65. The van der Waals surface area contributed by atoms with Crippen LogP contribution >= 0.6 is 0 Å². The molecule has 0 bridgehead atoms. The predicted molar refractivity (Wildman–Crippen MR) is 98.0 cm³/mol. The smallest absolute Gasteiger partial charge is 0.160 e. The number of carbonyl (C=O) groups is 3. The molecule has 3 aliphatic rings. The first kappa shape index (κ1) is 18.3. The highest BCUT2D eigenvalue weighted by atomic mass is 16.1. The van der Waals surface area contributed by atoms with Crippen LogP contribution in [-0.4, -0.2) is 17.9 Å². The van der Waals surface area contributed by atoms with Gasteiger partial charge < -0.3 is 0 Å². The number of allylic oxidation sites excluding steroid dienone is 4. The zero-order chi connectivity index (χ0) is 18.6. The summed E-state index contributed by atoms with van der Waals surface area (Å²) in [7, 11) is 0. The van der Waals surface area contributed by atoms with Gasteiger partial charge in [0.25, 0.3) is 0 Å². The fraction of sp³-hybridized carbons (Fsp3) is 0.682. The van der Waals surface area contributed by atoms with E-state index in [1.807, 2.05) is 6.92 Å². The van der Waals surface area contributed by atoms with E-state index in [4.69, 9.17) is 0 Å². The Hall–Kier alpha value is -1.51. The molecular weight excluding hydrogens is 312 g/mol. The molecular formula is C22H30O3. The highest BCUT2D eigenvalue weighted by Crippen LogP contribution is 2.68. The molecule has 0 aromatic heterocycles. The molecule has 3 rings (SSSR count). The second-order valence-corrected chi connectivity index (χ2v) is 9.39. The molecule has 0 heterocycles. The van der Waals surface area contributed by atoms with Gasteiger partial charge in [0.2, 0.25) is 0 Å². The van der Waals surface area contributed by atoms with Crippen LogP contribution in [0.2, 0.25) is 0 Å². The first-order chi connectivity index (χ1) is 11.6. The van der Waals surface area contributed by atoms with Gasteiger partial charge in [0.05, 0.1) is 0 Å². The normalized spacial score (nSPS) is 42.3. The Morgan fingerprint density at radius 1 is 1.08 bits per heavy atom. The summed E-state index contributed by atoms with van der Waals surface area (Å²) in [5.74, 6) is 1.24. The largest absolute Gasteiger partial charge is 0.299 e. The summed E-state index contributed by atoms with van der Waals surface area (Å²) >= 11 is 0. The molecule has 136 valence electrons. The van der Waals surface area contributed by atoms with Crippen molar-refractivity contribution in [2.75, 3.05) is 0 Å². The van der Waals surface area contributed by atoms with Crippen LogP contribution in [0.4, 0.5) is 0 Å². The number of ketones is 2. The molecule has 4 atom stereocenters. The molecule has 0 N–H and O–H groups in total. The van der Waals surface area contributed by atoms with Crippen molar-refractivity contribution in [3.05, 3.63) is 23.3 Å². The Bertz CT molecular complexity index is 696. The number of carbonyl (C=O) groups excluding carboxylic acids is 3. The first-order valence-electron chi connectivity index (χ1n) is 9.48. The lowest BCUT2D eigenvalue weighted by Crippen LogP contribution is -2.56.